The van der Waals surface area contributed by atoms with Gasteiger partial charge in [0.1, 0.15) is 0 Å². The monoisotopic (exact) mass is 263 g/mol. The van der Waals surface area contributed by atoms with E-state index in [1.807, 2.05) is 29.2 Å². The minimum absolute atomic E-state index is 0.300. The zero-order valence-electron chi connectivity index (χ0n) is 8.66. The van der Waals surface area contributed by atoms with Gasteiger partial charge in [-0.1, -0.05) is 0 Å². The molecule has 3 nitrogen and oxygen atoms in total. The lowest BCUT2D eigenvalue weighted by atomic mass is 10.3. The molecule has 0 aromatic carbocycles. The molecule has 0 aromatic heterocycles. The third-order valence-electron chi connectivity index (χ3n) is 1.56. The molecule has 0 aliphatic carbocycles. The van der Waals surface area contributed by atoms with Gasteiger partial charge in [-0.25, -0.2) is 0 Å². The molecule has 9 heteroatoms. The first-order valence-corrected chi connectivity index (χ1v) is 4.99. The summed E-state index contributed by atoms with van der Waals surface area (Å²) in [5.74, 6) is 0.300. The lowest BCUT2D eigenvalue weighted by Gasteiger charge is -2.19. The Balaban J connectivity index is 0.000000385. The van der Waals surface area contributed by atoms with Gasteiger partial charge in [-0.05, 0) is 0 Å². The summed E-state index contributed by atoms with van der Waals surface area (Å²) < 4.78 is 39.0. The van der Waals surface area contributed by atoms with E-state index < -0.39 is 13.4 Å². The van der Waals surface area contributed by atoms with Crippen LogP contribution in [0.5, 0.6) is 0 Å². The van der Waals surface area contributed by atoms with E-state index in [9.17, 15) is 22.4 Å². The normalized spacial score (nSPS) is 17.2. The molecule has 1 heterocycles. The fourth-order valence-electron chi connectivity index (χ4n) is 1.03. The van der Waals surface area contributed by atoms with Gasteiger partial charge in [0.25, 0.3) is 0 Å². The molecule has 0 saturated carbocycles. The maximum Gasteiger partial charge on any atom is 0.673 e. The van der Waals surface area contributed by atoms with Crippen molar-refractivity contribution in [2.24, 2.45) is 0 Å². The van der Waals surface area contributed by atoms with E-state index in [1.54, 1.807) is 0 Å². The molecule has 96 valence electrons. The van der Waals surface area contributed by atoms with Crippen molar-refractivity contribution in [2.45, 2.75) is 6.10 Å². The van der Waals surface area contributed by atoms with Crippen LogP contribution in [-0.4, -0.2) is 54.4 Å². The van der Waals surface area contributed by atoms with Crippen LogP contribution in [0.4, 0.5) is 17.3 Å². The molecule has 0 saturated heterocycles. The van der Waals surface area contributed by atoms with Gasteiger partial charge in [0.05, 0.1) is 18.7 Å². The molecule has 1 rings (SSSR count). The molecule has 1 atom stereocenters. The molecule has 1 unspecified atom stereocenters. The first kappa shape index (κ1) is 15.4. The quantitative estimate of drug-likeness (QED) is 0.476. The first-order valence-electron chi connectivity index (χ1n) is 4.46. The van der Waals surface area contributed by atoms with Gasteiger partial charge < -0.3 is 32.2 Å². The minimum Gasteiger partial charge on any atom is -0.418 e. The molecule has 0 amide bonds. The highest BCUT2D eigenvalue weighted by atomic mass is 35.5. The van der Waals surface area contributed by atoms with E-state index in [0.717, 1.165) is 6.67 Å². The number of hydrogen-bond donors (Lipinski definition) is 1. The highest BCUT2D eigenvalue weighted by Crippen LogP contribution is 2.06. The number of β-amino-alcohol motifs (C(OH)–C–C–N with tert-alkyl or cyclic N) is 1. The minimum atomic E-state index is -6.00. The summed E-state index contributed by atoms with van der Waals surface area (Å²) in [5, 5.41) is 9.18. The summed E-state index contributed by atoms with van der Waals surface area (Å²) in [7, 11) is -4.01. The fraction of sp³-hybridized carbons (Fsp3) is 0.714. The summed E-state index contributed by atoms with van der Waals surface area (Å²) in [6.45, 7) is 1.46. The topological polar surface area (TPSA) is 26.7 Å². The Morgan fingerprint density at radius 1 is 1.38 bits per heavy atom. The van der Waals surface area contributed by atoms with Gasteiger partial charge in [-0.3, -0.25) is 0 Å². The predicted octanol–water partition coefficient (Wildman–Crippen LogP) is 1.56. The summed E-state index contributed by atoms with van der Waals surface area (Å²) in [6, 6.07) is 0. The van der Waals surface area contributed by atoms with Crippen LogP contribution in [0.15, 0.2) is 12.4 Å². The van der Waals surface area contributed by atoms with Crippen molar-refractivity contribution in [3.8, 4) is 0 Å². The van der Waals surface area contributed by atoms with Crippen LogP contribution in [0, 0.1) is 0 Å². The number of aliphatic hydroxyl groups excluding tert-OH is 1. The first-order chi connectivity index (χ1) is 7.22. The van der Waals surface area contributed by atoms with Gasteiger partial charge in [0, 0.05) is 26.0 Å². The highest BCUT2D eigenvalue weighted by molar-refractivity contribution is 6.50. The van der Waals surface area contributed by atoms with Crippen LogP contribution in [-0.2, 0) is 0 Å². The molecular weight excluding hydrogens is 250 g/mol. The Morgan fingerprint density at radius 2 is 1.88 bits per heavy atom. The largest absolute Gasteiger partial charge is 0.673 e. The summed E-state index contributed by atoms with van der Waals surface area (Å²) >= 11 is 5.45. The average molecular weight is 263 g/mol. The van der Waals surface area contributed by atoms with Crippen molar-refractivity contribution in [3.05, 3.63) is 12.4 Å². The lowest BCUT2D eigenvalue weighted by molar-refractivity contribution is 0.145. The van der Waals surface area contributed by atoms with Crippen molar-refractivity contribution in [2.75, 3.05) is 26.1 Å². The van der Waals surface area contributed by atoms with Crippen LogP contribution in [0.2, 0.25) is 0 Å². The Morgan fingerprint density at radius 3 is 2.19 bits per heavy atom. The molecule has 1 aliphatic heterocycles. The van der Waals surface area contributed by atoms with Crippen LogP contribution < -0.4 is 0 Å². The number of rotatable bonds is 3. The third kappa shape index (κ3) is 9.91. The molecule has 0 bridgehead atoms. The number of alkyl halides is 1. The highest BCUT2D eigenvalue weighted by Gasteiger charge is 2.20. The fourth-order valence-corrected chi connectivity index (χ4v) is 1.12. The van der Waals surface area contributed by atoms with Crippen LogP contribution in [0.3, 0.4) is 0 Å². The third-order valence-corrected chi connectivity index (χ3v) is 1.92. The summed E-state index contributed by atoms with van der Waals surface area (Å²) in [6.07, 6.45) is 3.50. The van der Waals surface area contributed by atoms with Gasteiger partial charge in [0.15, 0.2) is 0 Å². The van der Waals surface area contributed by atoms with Gasteiger partial charge in [-0.2, -0.15) is 0 Å². The smallest absolute Gasteiger partial charge is 0.418 e. The Bertz CT molecular complexity index is 223. The second-order valence-corrected chi connectivity index (χ2v) is 3.58. The average Bonchev–Trinajstić information content (AvgIpc) is 2.48. The van der Waals surface area contributed by atoms with Crippen LogP contribution in [0.25, 0.3) is 0 Å². The van der Waals surface area contributed by atoms with E-state index in [-0.39, 0.29) is 0 Å². The summed E-state index contributed by atoms with van der Waals surface area (Å²) in [4.78, 5) is 4.06. The second-order valence-electron chi connectivity index (χ2n) is 3.27. The Kier molecular flexibility index (Phi) is 6.58. The number of nitrogens with zero attached hydrogens (tertiary/aromatic N) is 2. The lowest BCUT2D eigenvalue weighted by Crippen LogP contribution is -2.31. The van der Waals surface area contributed by atoms with E-state index >= 15 is 0 Å². The zero-order chi connectivity index (χ0) is 12.8. The van der Waals surface area contributed by atoms with Gasteiger partial charge in [0.2, 0.25) is 0 Å². The van der Waals surface area contributed by atoms with Gasteiger partial charge in [-0.15, -0.1) is 11.6 Å². The SMILES string of the molecule is CN1C=CN(CC(O)CCl)C1.F[B-](F)(F)F. The molecular formula is C7H13BClF4N2O-. The Hall–Kier alpha value is -0.625. The maximum atomic E-state index is 9.75. The van der Waals surface area contributed by atoms with Crippen molar-refractivity contribution in [1.29, 1.82) is 0 Å². The van der Waals surface area contributed by atoms with E-state index in [4.69, 9.17) is 11.6 Å². The standard InChI is InChI=1S/C7H13ClN2O.BF4/c1-9-2-3-10(6-9)5-7(11)4-8;2-1(3,4)5/h2-3,7,11H,4-6H2,1H3;/q;-1. The number of halogens is 5. The van der Waals surface area contributed by atoms with Crippen LogP contribution >= 0.6 is 11.6 Å². The van der Waals surface area contributed by atoms with Crippen molar-refractivity contribution in [3.63, 3.8) is 0 Å². The second kappa shape index (κ2) is 6.85. The predicted molar refractivity (Wildman–Crippen MR) is 55.4 cm³/mol. The maximum absolute atomic E-state index is 9.75. The van der Waals surface area contributed by atoms with E-state index in [0.29, 0.717) is 12.4 Å². The molecule has 0 aromatic rings. The van der Waals surface area contributed by atoms with E-state index in [1.165, 1.54) is 0 Å². The summed E-state index contributed by atoms with van der Waals surface area (Å²) in [5.41, 5.74) is 0. The van der Waals surface area contributed by atoms with Crippen molar-refractivity contribution >= 4 is 18.9 Å². The van der Waals surface area contributed by atoms with Crippen LogP contribution in [0.1, 0.15) is 0 Å². The van der Waals surface area contributed by atoms with Gasteiger partial charge >= 0.3 is 7.25 Å². The number of hydrogen-bond acceptors (Lipinski definition) is 3. The molecule has 1 N–H and O–H groups in total. The molecule has 0 fully saturated rings. The molecule has 16 heavy (non-hydrogen) atoms. The number of aliphatic hydroxyl groups is 1. The molecule has 0 radical (unpaired) electrons. The molecule has 1 aliphatic rings. The Labute approximate surface area is 96.4 Å². The molecule has 0 spiro atoms. The van der Waals surface area contributed by atoms with E-state index in [2.05, 4.69) is 0 Å². The zero-order valence-corrected chi connectivity index (χ0v) is 9.42. The van der Waals surface area contributed by atoms with Crippen molar-refractivity contribution < 1.29 is 22.4 Å². The van der Waals surface area contributed by atoms with Crippen molar-refractivity contribution in [1.82, 2.24) is 9.80 Å².